The molecule has 20 heavy (non-hydrogen) atoms. The Balaban J connectivity index is 1.71. The van der Waals surface area contributed by atoms with Gasteiger partial charge in [0, 0.05) is 10.9 Å². The Labute approximate surface area is 123 Å². The number of nitrogens with one attached hydrogen (secondary N) is 1. The van der Waals surface area contributed by atoms with Crippen LogP contribution in [0.2, 0.25) is 0 Å². The molecule has 0 aromatic carbocycles. The summed E-state index contributed by atoms with van der Waals surface area (Å²) in [7, 11) is 0. The van der Waals surface area contributed by atoms with Crippen molar-refractivity contribution in [1.29, 1.82) is 0 Å². The Hall–Kier alpha value is -1.10. The lowest BCUT2D eigenvalue weighted by Gasteiger charge is -2.16. The van der Waals surface area contributed by atoms with Crippen molar-refractivity contribution in [3.8, 4) is 0 Å². The second-order valence-electron chi connectivity index (χ2n) is 5.83. The maximum atomic E-state index is 11.9. The normalized spacial score (nSPS) is 28.4. The summed E-state index contributed by atoms with van der Waals surface area (Å²) in [4.78, 5) is 17.9. The summed E-state index contributed by atoms with van der Waals surface area (Å²) in [5.41, 5.74) is 0.960. The smallest absolute Gasteiger partial charge is 0.315 e. The number of nitrogens with zero attached hydrogens (tertiary/aromatic N) is 1. The van der Waals surface area contributed by atoms with Gasteiger partial charge in [-0.25, -0.2) is 4.98 Å². The summed E-state index contributed by atoms with van der Waals surface area (Å²) in [6.45, 7) is 4.59. The van der Waals surface area contributed by atoms with Gasteiger partial charge in [0.05, 0.1) is 12.3 Å². The lowest BCUT2D eigenvalue weighted by Crippen LogP contribution is -2.21. The number of carbonyl (C=O) groups is 1. The van der Waals surface area contributed by atoms with Crippen molar-refractivity contribution in [2.75, 3.05) is 11.9 Å². The molecule has 2 aliphatic rings. The highest BCUT2D eigenvalue weighted by molar-refractivity contribution is 7.15. The summed E-state index contributed by atoms with van der Waals surface area (Å²) < 4.78 is 5.15. The van der Waals surface area contributed by atoms with E-state index in [0.29, 0.717) is 12.6 Å². The Bertz CT molecular complexity index is 500. The molecule has 2 aliphatic carbocycles. The standard InChI is InChI=1S/C15H22N2O2S/c1-3-19-14(18)10-7-8-12-13(10)17-15(20-12)16-11-6-4-5-9(11)2/h9-11H,3-8H2,1-2H3,(H,16,17). The first-order chi connectivity index (χ1) is 9.69. The highest BCUT2D eigenvalue weighted by atomic mass is 32.1. The van der Waals surface area contributed by atoms with Crippen molar-refractivity contribution in [2.45, 2.75) is 57.9 Å². The van der Waals surface area contributed by atoms with Crippen LogP contribution in [-0.4, -0.2) is 23.6 Å². The van der Waals surface area contributed by atoms with Crippen molar-refractivity contribution < 1.29 is 9.53 Å². The summed E-state index contributed by atoms with van der Waals surface area (Å²) in [5.74, 6) is 0.463. The predicted molar refractivity (Wildman–Crippen MR) is 80.2 cm³/mol. The number of aryl methyl sites for hydroxylation is 1. The van der Waals surface area contributed by atoms with Gasteiger partial charge in [-0.3, -0.25) is 4.79 Å². The van der Waals surface area contributed by atoms with Crippen molar-refractivity contribution in [3.05, 3.63) is 10.6 Å². The molecule has 1 aromatic heterocycles. The van der Waals surface area contributed by atoms with E-state index in [2.05, 4.69) is 17.2 Å². The highest BCUT2D eigenvalue weighted by Crippen LogP contribution is 2.40. The average Bonchev–Trinajstić information content (AvgIpc) is 3.07. The number of thiazole rings is 1. The molecule has 0 bridgehead atoms. The van der Waals surface area contributed by atoms with Gasteiger partial charge in [-0.15, -0.1) is 11.3 Å². The molecule has 1 heterocycles. The molecule has 0 radical (unpaired) electrons. The molecule has 0 aliphatic heterocycles. The van der Waals surface area contributed by atoms with Gasteiger partial charge in [0.15, 0.2) is 5.13 Å². The van der Waals surface area contributed by atoms with E-state index in [1.165, 1.54) is 24.1 Å². The van der Waals surface area contributed by atoms with E-state index in [1.807, 2.05) is 6.92 Å². The maximum absolute atomic E-state index is 11.9. The second kappa shape index (κ2) is 5.72. The molecule has 4 nitrogen and oxygen atoms in total. The summed E-state index contributed by atoms with van der Waals surface area (Å²) in [5, 5.41) is 4.56. The molecule has 1 aromatic rings. The zero-order chi connectivity index (χ0) is 14.1. The topological polar surface area (TPSA) is 51.2 Å². The fourth-order valence-electron chi connectivity index (χ4n) is 3.28. The summed E-state index contributed by atoms with van der Waals surface area (Å²) >= 11 is 1.72. The van der Waals surface area contributed by atoms with Gasteiger partial charge < -0.3 is 10.1 Å². The third kappa shape index (κ3) is 2.55. The summed E-state index contributed by atoms with van der Waals surface area (Å²) in [6.07, 6.45) is 5.64. The van der Waals surface area contributed by atoms with Crippen LogP contribution in [0.25, 0.3) is 0 Å². The number of carbonyl (C=O) groups excluding carboxylic acids is 1. The number of esters is 1. The Morgan fingerprint density at radius 2 is 2.30 bits per heavy atom. The Morgan fingerprint density at radius 3 is 3.00 bits per heavy atom. The molecule has 1 saturated carbocycles. The minimum absolute atomic E-state index is 0.114. The van der Waals surface area contributed by atoms with E-state index in [-0.39, 0.29) is 11.9 Å². The van der Waals surface area contributed by atoms with Gasteiger partial charge in [0.1, 0.15) is 5.92 Å². The van der Waals surface area contributed by atoms with E-state index in [4.69, 9.17) is 4.74 Å². The molecular formula is C15H22N2O2S. The third-order valence-corrected chi connectivity index (χ3v) is 5.52. The monoisotopic (exact) mass is 294 g/mol. The van der Waals surface area contributed by atoms with Crippen LogP contribution in [0.1, 0.15) is 56.0 Å². The molecule has 0 amide bonds. The maximum Gasteiger partial charge on any atom is 0.315 e. The molecule has 3 rings (SSSR count). The average molecular weight is 294 g/mol. The van der Waals surface area contributed by atoms with Crippen LogP contribution in [0.5, 0.6) is 0 Å². The zero-order valence-corrected chi connectivity index (χ0v) is 13.0. The molecule has 3 unspecified atom stereocenters. The van der Waals surface area contributed by atoms with Crippen LogP contribution in [0.15, 0.2) is 0 Å². The van der Waals surface area contributed by atoms with Crippen molar-refractivity contribution in [2.24, 2.45) is 5.92 Å². The van der Waals surface area contributed by atoms with Crippen molar-refractivity contribution >= 4 is 22.4 Å². The molecule has 0 spiro atoms. The first-order valence-electron chi connectivity index (χ1n) is 7.61. The number of rotatable bonds is 4. The second-order valence-corrected chi connectivity index (χ2v) is 6.91. The molecule has 5 heteroatoms. The quantitative estimate of drug-likeness (QED) is 0.865. The van der Waals surface area contributed by atoms with Crippen LogP contribution < -0.4 is 5.32 Å². The molecule has 110 valence electrons. The summed E-state index contributed by atoms with van der Waals surface area (Å²) in [6, 6.07) is 0.544. The molecule has 0 saturated heterocycles. The van der Waals surface area contributed by atoms with Crippen molar-refractivity contribution in [3.63, 3.8) is 0 Å². The first-order valence-corrected chi connectivity index (χ1v) is 8.43. The number of anilines is 1. The van der Waals surface area contributed by atoms with Gasteiger partial charge in [0.25, 0.3) is 0 Å². The SMILES string of the molecule is CCOC(=O)C1CCc2sc(NC3CCCC3C)nc21. The number of hydrogen-bond donors (Lipinski definition) is 1. The number of hydrogen-bond acceptors (Lipinski definition) is 5. The molecule has 1 fully saturated rings. The van der Waals surface area contributed by atoms with Crippen LogP contribution in [0.3, 0.4) is 0 Å². The number of ether oxygens (including phenoxy) is 1. The van der Waals surface area contributed by atoms with Gasteiger partial charge in [-0.1, -0.05) is 13.3 Å². The van der Waals surface area contributed by atoms with E-state index in [0.717, 1.165) is 29.6 Å². The Morgan fingerprint density at radius 1 is 1.45 bits per heavy atom. The highest BCUT2D eigenvalue weighted by Gasteiger charge is 2.34. The largest absolute Gasteiger partial charge is 0.465 e. The van der Waals surface area contributed by atoms with Crippen LogP contribution in [0, 0.1) is 5.92 Å². The molecule has 1 N–H and O–H groups in total. The number of fused-ring (bicyclic) bond motifs is 1. The Kier molecular flexibility index (Phi) is 3.96. The van der Waals surface area contributed by atoms with Crippen LogP contribution >= 0.6 is 11.3 Å². The molecular weight excluding hydrogens is 272 g/mol. The van der Waals surface area contributed by atoms with Gasteiger partial charge in [-0.05, 0) is 38.5 Å². The lowest BCUT2D eigenvalue weighted by molar-refractivity contribution is -0.145. The molecule has 3 atom stereocenters. The van der Waals surface area contributed by atoms with E-state index in [9.17, 15) is 4.79 Å². The lowest BCUT2D eigenvalue weighted by atomic mass is 10.1. The zero-order valence-electron chi connectivity index (χ0n) is 12.1. The van der Waals surface area contributed by atoms with Crippen LogP contribution in [-0.2, 0) is 16.0 Å². The first kappa shape index (κ1) is 13.9. The van der Waals surface area contributed by atoms with Gasteiger partial charge >= 0.3 is 5.97 Å². The van der Waals surface area contributed by atoms with E-state index in [1.54, 1.807) is 11.3 Å². The fraction of sp³-hybridized carbons (Fsp3) is 0.733. The van der Waals surface area contributed by atoms with Crippen LogP contribution in [0.4, 0.5) is 5.13 Å². The van der Waals surface area contributed by atoms with Gasteiger partial charge in [-0.2, -0.15) is 0 Å². The van der Waals surface area contributed by atoms with Crippen molar-refractivity contribution in [1.82, 2.24) is 4.98 Å². The number of aromatic nitrogens is 1. The third-order valence-electron chi connectivity index (χ3n) is 4.46. The minimum atomic E-state index is -0.141. The predicted octanol–water partition coefficient (Wildman–Crippen LogP) is 3.34. The van der Waals surface area contributed by atoms with E-state index >= 15 is 0 Å². The minimum Gasteiger partial charge on any atom is -0.465 e. The van der Waals surface area contributed by atoms with Gasteiger partial charge in [0.2, 0.25) is 0 Å². The fourth-order valence-corrected chi connectivity index (χ4v) is 4.38. The van der Waals surface area contributed by atoms with E-state index < -0.39 is 0 Å².